The highest BCUT2D eigenvalue weighted by atomic mass is 16.6. The van der Waals surface area contributed by atoms with E-state index in [0.717, 1.165) is 64.2 Å². The molecular formula is C45H76O5. The monoisotopic (exact) mass is 697 g/mol. The van der Waals surface area contributed by atoms with E-state index in [1.165, 1.54) is 70.6 Å². The van der Waals surface area contributed by atoms with Crippen molar-refractivity contribution in [2.24, 2.45) is 0 Å². The number of esters is 2. The smallest absolute Gasteiger partial charge is 0.306 e. The second kappa shape index (κ2) is 40.8. The first-order valence-electron chi connectivity index (χ1n) is 20.5. The van der Waals surface area contributed by atoms with Crippen molar-refractivity contribution in [3.63, 3.8) is 0 Å². The van der Waals surface area contributed by atoms with Crippen molar-refractivity contribution in [1.82, 2.24) is 0 Å². The maximum absolute atomic E-state index is 12.6. The van der Waals surface area contributed by atoms with E-state index in [9.17, 15) is 9.59 Å². The topological polar surface area (TPSA) is 61.8 Å². The van der Waals surface area contributed by atoms with Crippen LogP contribution < -0.4 is 0 Å². The standard InChI is InChI=1S/C45H76O5/c1-4-7-10-13-16-18-20-22-24-26-28-31-34-37-40-48-41-43(50-45(47)39-36-33-29-15-12-9-6-3)42-49-44(46)38-35-32-30-27-25-23-21-19-17-14-11-8-5-2/h8,10-11,13,17-20,23,25,30,32,43H,4-7,9,12,14-16,21-22,24,26-29,31,33-42H2,1-3H3/b11-8-,13-10-,19-17-,20-18-,25-23-,32-30-. The van der Waals surface area contributed by atoms with Gasteiger partial charge in [0, 0.05) is 19.4 Å². The highest BCUT2D eigenvalue weighted by Gasteiger charge is 2.17. The fourth-order valence-electron chi connectivity index (χ4n) is 5.21. The van der Waals surface area contributed by atoms with Crippen LogP contribution in [0.25, 0.3) is 0 Å². The summed E-state index contributed by atoms with van der Waals surface area (Å²) in [5.74, 6) is -0.509. The lowest BCUT2D eigenvalue weighted by Gasteiger charge is -2.18. The quantitative estimate of drug-likeness (QED) is 0.0371. The SMILES string of the molecule is CC/C=C\C/C=C\C/C=C\C/C=C\CCC(=O)OCC(COCCCCCCCC/C=C\C/C=C\CCC)OC(=O)CCCCCCCCC. The molecule has 0 fully saturated rings. The summed E-state index contributed by atoms with van der Waals surface area (Å²) in [4.78, 5) is 25.0. The van der Waals surface area contributed by atoms with E-state index in [1.807, 2.05) is 6.08 Å². The number of ether oxygens (including phenoxy) is 3. The molecule has 0 spiro atoms. The van der Waals surface area contributed by atoms with Gasteiger partial charge in [-0.1, -0.05) is 164 Å². The van der Waals surface area contributed by atoms with E-state index in [1.54, 1.807) is 0 Å². The molecule has 0 aliphatic heterocycles. The van der Waals surface area contributed by atoms with E-state index in [2.05, 4.69) is 87.6 Å². The van der Waals surface area contributed by atoms with E-state index in [0.29, 0.717) is 25.9 Å². The van der Waals surface area contributed by atoms with Crippen molar-refractivity contribution in [1.29, 1.82) is 0 Å². The summed E-state index contributed by atoms with van der Waals surface area (Å²) in [5, 5.41) is 0. The Labute approximate surface area is 308 Å². The summed E-state index contributed by atoms with van der Waals surface area (Å²) < 4.78 is 17.1. The summed E-state index contributed by atoms with van der Waals surface area (Å²) in [6, 6.07) is 0. The Morgan fingerprint density at radius 3 is 1.60 bits per heavy atom. The van der Waals surface area contributed by atoms with Crippen LogP contribution in [-0.2, 0) is 23.8 Å². The number of carbonyl (C=O) groups excluding carboxylic acids is 2. The Kier molecular flexibility index (Phi) is 38.6. The lowest BCUT2D eigenvalue weighted by atomic mass is 10.1. The van der Waals surface area contributed by atoms with Gasteiger partial charge in [-0.25, -0.2) is 0 Å². The van der Waals surface area contributed by atoms with Gasteiger partial charge < -0.3 is 14.2 Å². The number of unbranched alkanes of at least 4 members (excludes halogenated alkanes) is 13. The average Bonchev–Trinajstić information content (AvgIpc) is 3.11. The molecule has 5 nitrogen and oxygen atoms in total. The molecule has 1 unspecified atom stereocenters. The Bertz CT molecular complexity index is 926. The third-order valence-corrected chi connectivity index (χ3v) is 8.22. The van der Waals surface area contributed by atoms with Gasteiger partial charge in [0.05, 0.1) is 6.61 Å². The molecule has 5 heteroatoms. The van der Waals surface area contributed by atoms with Crippen molar-refractivity contribution < 1.29 is 23.8 Å². The van der Waals surface area contributed by atoms with Gasteiger partial charge in [-0.3, -0.25) is 9.59 Å². The van der Waals surface area contributed by atoms with Crippen LogP contribution in [-0.4, -0.2) is 37.9 Å². The highest BCUT2D eigenvalue weighted by Crippen LogP contribution is 2.11. The third kappa shape index (κ3) is 38.1. The zero-order valence-corrected chi connectivity index (χ0v) is 32.6. The van der Waals surface area contributed by atoms with E-state index in [4.69, 9.17) is 14.2 Å². The number of rotatable bonds is 36. The molecule has 0 heterocycles. The molecule has 286 valence electrons. The third-order valence-electron chi connectivity index (χ3n) is 8.22. The van der Waals surface area contributed by atoms with E-state index >= 15 is 0 Å². The summed E-state index contributed by atoms with van der Waals surface area (Å²) in [5.41, 5.74) is 0. The van der Waals surface area contributed by atoms with Crippen LogP contribution in [0.2, 0.25) is 0 Å². The molecule has 0 N–H and O–H groups in total. The minimum Gasteiger partial charge on any atom is -0.462 e. The molecule has 0 aromatic carbocycles. The lowest BCUT2D eigenvalue weighted by molar-refractivity contribution is -0.162. The number of allylic oxidation sites excluding steroid dienone is 12. The van der Waals surface area contributed by atoms with E-state index < -0.39 is 6.10 Å². The predicted octanol–water partition coefficient (Wildman–Crippen LogP) is 13.2. The Hall–Kier alpha value is -2.66. The van der Waals surface area contributed by atoms with Gasteiger partial charge in [0.2, 0.25) is 0 Å². The fraction of sp³-hybridized carbons (Fsp3) is 0.689. The van der Waals surface area contributed by atoms with Crippen molar-refractivity contribution in [2.45, 2.75) is 181 Å². The molecule has 50 heavy (non-hydrogen) atoms. The zero-order chi connectivity index (χ0) is 36.4. The molecule has 0 bridgehead atoms. The molecular weight excluding hydrogens is 620 g/mol. The van der Waals surface area contributed by atoms with Gasteiger partial charge in [0.15, 0.2) is 6.10 Å². The lowest BCUT2D eigenvalue weighted by Crippen LogP contribution is -2.30. The highest BCUT2D eigenvalue weighted by molar-refractivity contribution is 5.70. The van der Waals surface area contributed by atoms with Crippen molar-refractivity contribution in [3.8, 4) is 0 Å². The number of hydrogen-bond acceptors (Lipinski definition) is 5. The van der Waals surface area contributed by atoms with Gasteiger partial charge in [-0.2, -0.15) is 0 Å². The first-order valence-corrected chi connectivity index (χ1v) is 20.5. The summed E-state index contributed by atoms with van der Waals surface area (Å²) in [6.07, 6.45) is 50.6. The minimum absolute atomic E-state index is 0.0409. The van der Waals surface area contributed by atoms with Crippen molar-refractivity contribution in [2.75, 3.05) is 19.8 Å². The van der Waals surface area contributed by atoms with Crippen LogP contribution in [0.4, 0.5) is 0 Å². The Morgan fingerprint density at radius 1 is 0.460 bits per heavy atom. The summed E-state index contributed by atoms with van der Waals surface area (Å²) in [6.45, 7) is 7.49. The molecule has 0 aromatic heterocycles. The van der Waals surface area contributed by atoms with Gasteiger partial charge in [-0.05, 0) is 70.6 Å². The molecule has 0 saturated carbocycles. The van der Waals surface area contributed by atoms with Gasteiger partial charge in [-0.15, -0.1) is 0 Å². The normalized spacial score (nSPS) is 12.9. The summed E-state index contributed by atoms with van der Waals surface area (Å²) >= 11 is 0. The van der Waals surface area contributed by atoms with Crippen LogP contribution in [0.15, 0.2) is 72.9 Å². The molecule has 0 saturated heterocycles. The number of carbonyl (C=O) groups is 2. The molecule has 0 aliphatic carbocycles. The first kappa shape index (κ1) is 47.3. The van der Waals surface area contributed by atoms with Crippen LogP contribution >= 0.6 is 0 Å². The maximum atomic E-state index is 12.6. The molecule has 1 atom stereocenters. The molecule has 0 amide bonds. The maximum Gasteiger partial charge on any atom is 0.306 e. The molecule has 0 radical (unpaired) electrons. The van der Waals surface area contributed by atoms with Gasteiger partial charge in [0.25, 0.3) is 0 Å². The van der Waals surface area contributed by atoms with Crippen molar-refractivity contribution in [3.05, 3.63) is 72.9 Å². The zero-order valence-electron chi connectivity index (χ0n) is 32.6. The Balaban J connectivity index is 4.31. The van der Waals surface area contributed by atoms with Gasteiger partial charge >= 0.3 is 11.9 Å². The summed E-state index contributed by atoms with van der Waals surface area (Å²) in [7, 11) is 0. The average molecular weight is 697 g/mol. The van der Waals surface area contributed by atoms with Crippen molar-refractivity contribution >= 4 is 11.9 Å². The molecule has 0 aromatic rings. The predicted molar refractivity (Wildman–Crippen MR) is 214 cm³/mol. The van der Waals surface area contributed by atoms with Crippen LogP contribution in [0.3, 0.4) is 0 Å². The second-order valence-electron chi connectivity index (χ2n) is 13.2. The Morgan fingerprint density at radius 2 is 0.980 bits per heavy atom. The largest absolute Gasteiger partial charge is 0.462 e. The van der Waals surface area contributed by atoms with Crippen LogP contribution in [0, 0.1) is 0 Å². The number of hydrogen-bond donors (Lipinski definition) is 0. The van der Waals surface area contributed by atoms with E-state index in [-0.39, 0.29) is 25.2 Å². The fourth-order valence-corrected chi connectivity index (χ4v) is 5.21. The second-order valence-corrected chi connectivity index (χ2v) is 13.2. The first-order chi connectivity index (χ1) is 24.6. The molecule has 0 rings (SSSR count). The molecule has 0 aliphatic rings. The van der Waals surface area contributed by atoms with Crippen LogP contribution in [0.1, 0.15) is 175 Å². The van der Waals surface area contributed by atoms with Gasteiger partial charge in [0.1, 0.15) is 6.61 Å². The minimum atomic E-state index is -0.566. The van der Waals surface area contributed by atoms with Crippen LogP contribution in [0.5, 0.6) is 0 Å².